The normalized spacial score (nSPS) is 17.0. The van der Waals surface area contributed by atoms with E-state index in [1.807, 2.05) is 24.3 Å². The van der Waals surface area contributed by atoms with E-state index in [-0.39, 0.29) is 6.04 Å². The molecular formula is C22H25N3O3. The van der Waals surface area contributed by atoms with Crippen LogP contribution in [0.4, 0.5) is 0 Å². The summed E-state index contributed by atoms with van der Waals surface area (Å²) in [6, 6.07) is 14.4. The van der Waals surface area contributed by atoms with Gasteiger partial charge in [0.15, 0.2) is 0 Å². The van der Waals surface area contributed by atoms with Gasteiger partial charge < -0.3 is 14.0 Å². The van der Waals surface area contributed by atoms with E-state index in [0.717, 1.165) is 36.4 Å². The summed E-state index contributed by atoms with van der Waals surface area (Å²) in [6.07, 6.45) is 2.19. The lowest BCUT2D eigenvalue weighted by Crippen LogP contribution is -2.23. The molecule has 28 heavy (non-hydrogen) atoms. The third-order valence-corrected chi connectivity index (χ3v) is 5.25. The van der Waals surface area contributed by atoms with Crippen molar-refractivity contribution in [2.24, 2.45) is 0 Å². The monoisotopic (exact) mass is 379 g/mol. The second kappa shape index (κ2) is 8.02. The zero-order valence-corrected chi connectivity index (χ0v) is 16.5. The van der Waals surface area contributed by atoms with Crippen LogP contribution < -0.4 is 9.47 Å². The third kappa shape index (κ3) is 3.73. The third-order valence-electron chi connectivity index (χ3n) is 5.25. The molecule has 0 spiro atoms. The van der Waals surface area contributed by atoms with Gasteiger partial charge in [0.05, 0.1) is 20.8 Å². The summed E-state index contributed by atoms with van der Waals surface area (Å²) in [5.41, 5.74) is 3.32. The number of likely N-dealkylation sites (tertiary alicyclic amines) is 1. The fourth-order valence-corrected chi connectivity index (χ4v) is 3.86. The van der Waals surface area contributed by atoms with Crippen LogP contribution in [0.15, 0.2) is 47.0 Å². The summed E-state index contributed by atoms with van der Waals surface area (Å²) in [5, 5.41) is 4.17. The second-order valence-corrected chi connectivity index (χ2v) is 7.12. The van der Waals surface area contributed by atoms with Gasteiger partial charge in [0.25, 0.3) is 0 Å². The molecule has 2 aromatic carbocycles. The molecule has 6 nitrogen and oxygen atoms in total. The van der Waals surface area contributed by atoms with Crippen LogP contribution in [0.5, 0.6) is 11.5 Å². The average molecular weight is 379 g/mol. The van der Waals surface area contributed by atoms with Crippen LogP contribution in [0.25, 0.3) is 11.4 Å². The first-order valence-electron chi connectivity index (χ1n) is 9.53. The molecule has 1 unspecified atom stereocenters. The van der Waals surface area contributed by atoms with E-state index in [4.69, 9.17) is 14.0 Å². The SMILES string of the molecule is COc1ccc(C2CCCN2Cc2nc(-c3cccc(C)c3)no2)c(OC)c1. The molecule has 0 saturated carbocycles. The van der Waals surface area contributed by atoms with Gasteiger partial charge in [-0.25, -0.2) is 0 Å². The van der Waals surface area contributed by atoms with Crippen LogP contribution in [0.2, 0.25) is 0 Å². The molecule has 4 rings (SSSR count). The number of methoxy groups -OCH3 is 2. The predicted molar refractivity (Wildman–Crippen MR) is 106 cm³/mol. The Kier molecular flexibility index (Phi) is 5.30. The highest BCUT2D eigenvalue weighted by atomic mass is 16.5. The molecule has 0 aliphatic carbocycles. The van der Waals surface area contributed by atoms with Gasteiger partial charge in [-0.15, -0.1) is 0 Å². The van der Waals surface area contributed by atoms with Crippen molar-refractivity contribution in [2.45, 2.75) is 32.4 Å². The Morgan fingerprint density at radius 3 is 2.82 bits per heavy atom. The zero-order chi connectivity index (χ0) is 19.5. The Bertz CT molecular complexity index is 954. The Balaban J connectivity index is 1.54. The topological polar surface area (TPSA) is 60.6 Å². The van der Waals surface area contributed by atoms with Gasteiger partial charge in [-0.1, -0.05) is 35.0 Å². The number of nitrogens with zero attached hydrogens (tertiary/aromatic N) is 3. The number of rotatable bonds is 6. The minimum atomic E-state index is 0.259. The molecule has 3 aromatic rings. The predicted octanol–water partition coefficient (Wildman–Crippen LogP) is 4.40. The van der Waals surface area contributed by atoms with Crippen LogP contribution in [-0.2, 0) is 6.54 Å². The number of benzene rings is 2. The van der Waals surface area contributed by atoms with E-state index < -0.39 is 0 Å². The highest BCUT2D eigenvalue weighted by Crippen LogP contribution is 2.39. The van der Waals surface area contributed by atoms with Crippen molar-refractivity contribution in [3.05, 3.63) is 59.5 Å². The summed E-state index contributed by atoms with van der Waals surface area (Å²) in [6.45, 7) is 3.67. The Morgan fingerprint density at radius 1 is 1.14 bits per heavy atom. The molecule has 1 aromatic heterocycles. The van der Waals surface area contributed by atoms with Crippen molar-refractivity contribution >= 4 is 0 Å². The molecular weight excluding hydrogens is 354 g/mol. The lowest BCUT2D eigenvalue weighted by molar-refractivity contribution is 0.209. The summed E-state index contributed by atoms with van der Waals surface area (Å²) < 4.78 is 16.5. The van der Waals surface area contributed by atoms with Gasteiger partial charge in [0, 0.05) is 23.2 Å². The first-order valence-corrected chi connectivity index (χ1v) is 9.53. The number of ether oxygens (including phenoxy) is 2. The van der Waals surface area contributed by atoms with Gasteiger partial charge in [-0.2, -0.15) is 4.98 Å². The Labute approximate surface area is 165 Å². The molecule has 146 valence electrons. The van der Waals surface area contributed by atoms with Crippen LogP contribution in [0, 0.1) is 6.92 Å². The molecule has 6 heteroatoms. The minimum Gasteiger partial charge on any atom is -0.497 e. The van der Waals surface area contributed by atoms with Gasteiger partial charge in [-0.05, 0) is 38.4 Å². The average Bonchev–Trinajstić information content (AvgIpc) is 3.37. The molecule has 1 saturated heterocycles. The van der Waals surface area contributed by atoms with Crippen molar-refractivity contribution in [3.8, 4) is 22.9 Å². The number of aryl methyl sites for hydroxylation is 1. The van der Waals surface area contributed by atoms with Gasteiger partial charge >= 0.3 is 0 Å². The first kappa shape index (κ1) is 18.5. The van der Waals surface area contributed by atoms with E-state index in [9.17, 15) is 0 Å². The summed E-state index contributed by atoms with van der Waals surface area (Å²) in [7, 11) is 3.36. The lowest BCUT2D eigenvalue weighted by atomic mass is 10.0. The molecule has 0 radical (unpaired) electrons. The maximum Gasteiger partial charge on any atom is 0.241 e. The van der Waals surface area contributed by atoms with Gasteiger partial charge in [0.2, 0.25) is 11.7 Å². The second-order valence-electron chi connectivity index (χ2n) is 7.12. The number of aromatic nitrogens is 2. The quantitative estimate of drug-likeness (QED) is 0.633. The van der Waals surface area contributed by atoms with Crippen molar-refractivity contribution in [3.63, 3.8) is 0 Å². The summed E-state index contributed by atoms with van der Waals surface area (Å²) >= 11 is 0. The Morgan fingerprint density at radius 2 is 2.04 bits per heavy atom. The van der Waals surface area contributed by atoms with E-state index in [0.29, 0.717) is 18.3 Å². The fourth-order valence-electron chi connectivity index (χ4n) is 3.86. The first-order chi connectivity index (χ1) is 13.7. The van der Waals surface area contributed by atoms with Crippen molar-refractivity contribution < 1.29 is 14.0 Å². The van der Waals surface area contributed by atoms with E-state index in [1.54, 1.807) is 14.2 Å². The molecule has 1 fully saturated rings. The zero-order valence-electron chi connectivity index (χ0n) is 16.5. The fraction of sp³-hybridized carbons (Fsp3) is 0.364. The number of hydrogen-bond acceptors (Lipinski definition) is 6. The highest BCUT2D eigenvalue weighted by Gasteiger charge is 2.30. The standard InChI is InChI=1S/C22H25N3O3/c1-15-6-4-7-16(12-15)22-23-21(28-24-22)14-25-11-5-8-19(25)18-10-9-17(26-2)13-20(18)27-3/h4,6-7,9-10,12-13,19H,5,8,11,14H2,1-3H3. The molecule has 1 aliphatic rings. The van der Waals surface area contributed by atoms with Gasteiger partial charge in [0.1, 0.15) is 11.5 Å². The summed E-state index contributed by atoms with van der Waals surface area (Å²) in [4.78, 5) is 6.99. The van der Waals surface area contributed by atoms with E-state index in [1.165, 1.54) is 11.1 Å². The molecule has 1 aliphatic heterocycles. The van der Waals surface area contributed by atoms with E-state index in [2.05, 4.69) is 40.2 Å². The molecule has 0 N–H and O–H groups in total. The van der Waals surface area contributed by atoms with Crippen LogP contribution in [0.3, 0.4) is 0 Å². The molecule has 0 amide bonds. The Hall–Kier alpha value is -2.86. The van der Waals surface area contributed by atoms with Crippen LogP contribution in [0.1, 0.15) is 35.9 Å². The lowest BCUT2D eigenvalue weighted by Gasteiger charge is -2.25. The largest absolute Gasteiger partial charge is 0.497 e. The van der Waals surface area contributed by atoms with Crippen molar-refractivity contribution in [2.75, 3.05) is 20.8 Å². The van der Waals surface area contributed by atoms with Gasteiger partial charge in [-0.3, -0.25) is 4.90 Å². The highest BCUT2D eigenvalue weighted by molar-refractivity contribution is 5.55. The summed E-state index contributed by atoms with van der Waals surface area (Å²) in [5.74, 6) is 2.92. The minimum absolute atomic E-state index is 0.259. The maximum absolute atomic E-state index is 5.61. The smallest absolute Gasteiger partial charge is 0.241 e. The maximum atomic E-state index is 5.61. The van der Waals surface area contributed by atoms with Crippen LogP contribution >= 0.6 is 0 Å². The molecule has 1 atom stereocenters. The van der Waals surface area contributed by atoms with Crippen LogP contribution in [-0.4, -0.2) is 35.8 Å². The molecule has 0 bridgehead atoms. The molecule has 2 heterocycles. The number of hydrogen-bond donors (Lipinski definition) is 0. The van der Waals surface area contributed by atoms with E-state index >= 15 is 0 Å². The van der Waals surface area contributed by atoms with Crippen molar-refractivity contribution in [1.29, 1.82) is 0 Å². The van der Waals surface area contributed by atoms with Crippen molar-refractivity contribution in [1.82, 2.24) is 15.0 Å².